The number of rotatable bonds is 14. The van der Waals surface area contributed by atoms with Gasteiger partial charge in [0.15, 0.2) is 12.3 Å². The van der Waals surface area contributed by atoms with E-state index in [1.807, 2.05) is 12.1 Å². The number of nitrogens with zero attached hydrogens (tertiary/aromatic N) is 4. The van der Waals surface area contributed by atoms with Gasteiger partial charge in [-0.15, -0.1) is 0 Å². The quantitative estimate of drug-likeness (QED) is 0.114. The van der Waals surface area contributed by atoms with E-state index in [2.05, 4.69) is 109 Å². The summed E-state index contributed by atoms with van der Waals surface area (Å²) in [5.41, 5.74) is 8.78. The van der Waals surface area contributed by atoms with E-state index in [-0.39, 0.29) is 9.79 Å². The summed E-state index contributed by atoms with van der Waals surface area (Å²) in [6, 6.07) is 9.88. The van der Waals surface area contributed by atoms with Gasteiger partial charge in [-0.2, -0.15) is 21.4 Å². The van der Waals surface area contributed by atoms with E-state index in [0.29, 0.717) is 0 Å². The molecule has 300 valence electrons. The number of quaternary nitrogens is 1. The van der Waals surface area contributed by atoms with Gasteiger partial charge in [-0.05, 0) is 125 Å². The zero-order chi connectivity index (χ0) is 40.7. The molecule has 12 heteroatoms. The molecule has 2 aromatic carbocycles. The van der Waals surface area contributed by atoms with Crippen molar-refractivity contribution in [2.75, 3.05) is 66.3 Å². The van der Waals surface area contributed by atoms with Crippen LogP contribution in [0.3, 0.4) is 0 Å². The predicted octanol–water partition coefficient (Wildman–Crippen LogP) is 7.66. The normalized spacial score (nSPS) is 20.1. The van der Waals surface area contributed by atoms with Gasteiger partial charge < -0.3 is 14.3 Å². The second kappa shape index (κ2) is 15.9. The average Bonchev–Trinajstić information content (AvgIpc) is 3.42. The lowest BCUT2D eigenvalue weighted by Crippen LogP contribution is -2.36. The summed E-state index contributed by atoms with van der Waals surface area (Å²) in [4.78, 5) is 4.28. The number of hydrogen-bond donors (Lipinski definition) is 2. The van der Waals surface area contributed by atoms with Gasteiger partial charge in [-0.25, -0.2) is 0 Å². The molecule has 0 aromatic heterocycles. The van der Waals surface area contributed by atoms with Crippen LogP contribution in [0.25, 0.3) is 0 Å². The Morgan fingerprint density at radius 1 is 0.855 bits per heavy atom. The first-order chi connectivity index (χ1) is 25.5. The Bertz CT molecular complexity index is 2200. The average molecular weight is 795 g/mol. The van der Waals surface area contributed by atoms with Crippen LogP contribution < -0.4 is 4.90 Å². The zero-order valence-electron chi connectivity index (χ0n) is 34.5. The highest BCUT2D eigenvalue weighted by Crippen LogP contribution is 2.49. The number of allylic oxidation sites excluding steroid dienone is 8. The Morgan fingerprint density at radius 2 is 1.49 bits per heavy atom. The summed E-state index contributed by atoms with van der Waals surface area (Å²) in [6.07, 6.45) is 14.6. The zero-order valence-corrected chi connectivity index (χ0v) is 36.1. The van der Waals surface area contributed by atoms with Gasteiger partial charge in [0.2, 0.25) is 5.69 Å². The third kappa shape index (κ3) is 9.27. The molecule has 0 saturated carbocycles. The van der Waals surface area contributed by atoms with Gasteiger partial charge in [0, 0.05) is 41.1 Å². The molecule has 2 N–H and O–H groups in total. The molecule has 2 aromatic rings. The molecule has 2 aliphatic heterocycles. The SMILES string of the molecule is CCC1=C(/C=C/C2=[N+](CCC[N+](C)(C)C)c3ccc(S(=O)(=O)O)cc3C2(C)C)CCC/C1=C\C=C1\N(CCCN(C)C)c2ccc(S(=O)(=O)O)cc2C1(C)C. The Morgan fingerprint density at radius 3 is 2.09 bits per heavy atom. The van der Waals surface area contributed by atoms with Crippen molar-refractivity contribution in [1.82, 2.24) is 4.90 Å². The summed E-state index contributed by atoms with van der Waals surface area (Å²) in [5.74, 6) is 0. The third-order valence-electron chi connectivity index (χ3n) is 11.4. The van der Waals surface area contributed by atoms with Crippen LogP contribution in [0.5, 0.6) is 0 Å². The number of anilines is 1. The predicted molar refractivity (Wildman–Crippen MR) is 223 cm³/mol. The maximum Gasteiger partial charge on any atom is 0.294 e. The fraction of sp³-hybridized carbons (Fsp3) is 0.512. The Labute approximate surface area is 330 Å². The molecule has 0 unspecified atom stereocenters. The van der Waals surface area contributed by atoms with Crippen molar-refractivity contribution >= 4 is 37.3 Å². The van der Waals surface area contributed by atoms with Gasteiger partial charge in [-0.3, -0.25) is 9.11 Å². The van der Waals surface area contributed by atoms with E-state index in [0.717, 1.165) is 103 Å². The molecule has 0 spiro atoms. The Kier molecular flexibility index (Phi) is 12.3. The van der Waals surface area contributed by atoms with E-state index < -0.39 is 31.1 Å². The minimum atomic E-state index is -4.35. The van der Waals surface area contributed by atoms with E-state index in [4.69, 9.17) is 0 Å². The lowest BCUT2D eigenvalue weighted by atomic mass is 9.80. The Hall–Kier alpha value is -3.39. The van der Waals surface area contributed by atoms with Crippen molar-refractivity contribution < 1.29 is 35.0 Å². The molecule has 0 radical (unpaired) electrons. The van der Waals surface area contributed by atoms with Crippen LogP contribution in [0.4, 0.5) is 11.4 Å². The summed E-state index contributed by atoms with van der Waals surface area (Å²) in [6.45, 7) is 14.1. The molecule has 0 fully saturated rings. The second-order valence-corrected chi connectivity index (χ2v) is 20.4. The summed E-state index contributed by atoms with van der Waals surface area (Å²) < 4.78 is 71.5. The van der Waals surface area contributed by atoms with Gasteiger partial charge >= 0.3 is 0 Å². The van der Waals surface area contributed by atoms with Crippen molar-refractivity contribution in [2.45, 2.75) is 93.8 Å². The first-order valence-electron chi connectivity index (χ1n) is 19.4. The highest BCUT2D eigenvalue weighted by molar-refractivity contribution is 7.86. The molecule has 2 heterocycles. The third-order valence-corrected chi connectivity index (χ3v) is 13.1. The molecule has 10 nitrogen and oxygen atoms in total. The molecule has 1 aliphatic carbocycles. The molecular weight excluding hydrogens is 733 g/mol. The second-order valence-electron chi connectivity index (χ2n) is 17.6. The van der Waals surface area contributed by atoms with E-state index >= 15 is 0 Å². The van der Waals surface area contributed by atoms with Gasteiger partial charge in [0.25, 0.3) is 20.2 Å². The topological polar surface area (TPSA) is 118 Å². The van der Waals surface area contributed by atoms with Crippen molar-refractivity contribution in [3.63, 3.8) is 0 Å². The fourth-order valence-corrected chi connectivity index (χ4v) is 9.53. The fourth-order valence-electron chi connectivity index (χ4n) is 8.52. The van der Waals surface area contributed by atoms with Crippen LogP contribution in [-0.2, 0) is 31.1 Å². The van der Waals surface area contributed by atoms with Crippen LogP contribution in [0.1, 0.15) is 84.3 Å². The molecule has 0 saturated heterocycles. The summed E-state index contributed by atoms with van der Waals surface area (Å²) in [7, 11) is 1.97. The number of hydrogen-bond acceptors (Lipinski definition) is 6. The molecule has 0 bridgehead atoms. The lowest BCUT2D eigenvalue weighted by Gasteiger charge is -2.28. The van der Waals surface area contributed by atoms with Crippen molar-refractivity contribution in [3.05, 3.63) is 94.2 Å². The van der Waals surface area contributed by atoms with Crippen LogP contribution in [0.2, 0.25) is 0 Å². The highest BCUT2D eigenvalue weighted by Gasteiger charge is 2.45. The number of fused-ring (bicyclic) bond motifs is 2. The van der Waals surface area contributed by atoms with E-state index in [9.17, 15) is 25.9 Å². The number of benzene rings is 2. The molecular formula is C43H62N4O6S2+2. The first-order valence-corrected chi connectivity index (χ1v) is 22.3. The van der Waals surface area contributed by atoms with Crippen LogP contribution in [-0.4, -0.2) is 107 Å². The smallest absolute Gasteiger partial charge is 0.294 e. The summed E-state index contributed by atoms with van der Waals surface area (Å²) >= 11 is 0. The largest absolute Gasteiger partial charge is 0.344 e. The van der Waals surface area contributed by atoms with Crippen LogP contribution >= 0.6 is 0 Å². The first kappa shape index (κ1) is 42.7. The Balaban J connectivity index is 1.56. The monoisotopic (exact) mass is 794 g/mol. The van der Waals surface area contributed by atoms with E-state index in [1.54, 1.807) is 12.1 Å². The standard InChI is InChI=1S/C43H60N4O6S2/c1-11-35-31(17-23-40-42(2,3)36-29-33(54(48,49)50)19-21-38(36)45(40)26-13-25-44(6)7)15-12-16-32(35)18-24-41-43(4,5)37-30-34(55(51,52)53)20-22-39(37)46(41)27-14-28-47(8,9)10/h17-24,29-30H,11-16,25-28H2,1-10H3/p+2. The van der Waals surface area contributed by atoms with Gasteiger partial charge in [0.05, 0.1) is 49.3 Å². The summed E-state index contributed by atoms with van der Waals surface area (Å²) in [5, 5.41) is 0. The van der Waals surface area contributed by atoms with Crippen LogP contribution in [0.15, 0.2) is 92.9 Å². The molecule has 55 heavy (non-hydrogen) atoms. The van der Waals surface area contributed by atoms with Crippen molar-refractivity contribution in [3.8, 4) is 0 Å². The maximum absolute atomic E-state index is 12.2. The van der Waals surface area contributed by atoms with Crippen molar-refractivity contribution in [1.29, 1.82) is 0 Å². The van der Waals surface area contributed by atoms with Gasteiger partial charge in [0.1, 0.15) is 0 Å². The molecule has 3 aliphatic rings. The molecule has 0 atom stereocenters. The lowest BCUT2D eigenvalue weighted by molar-refractivity contribution is -0.871. The van der Waals surface area contributed by atoms with Gasteiger partial charge in [-0.1, -0.05) is 32.9 Å². The van der Waals surface area contributed by atoms with Crippen molar-refractivity contribution in [2.24, 2.45) is 0 Å². The highest BCUT2D eigenvalue weighted by atomic mass is 32.2. The van der Waals surface area contributed by atoms with Crippen LogP contribution in [0, 0.1) is 0 Å². The molecule has 5 rings (SSSR count). The minimum Gasteiger partial charge on any atom is -0.344 e. The maximum atomic E-state index is 12.2. The van der Waals surface area contributed by atoms with E-state index in [1.165, 1.54) is 28.9 Å². The molecule has 0 amide bonds. The minimum absolute atomic E-state index is 0.0910.